The number of carbonyl (C=O) groups is 1. The molecule has 0 radical (unpaired) electrons. The first-order valence-corrected chi connectivity index (χ1v) is 6.41. The highest BCUT2D eigenvalue weighted by Gasteiger charge is 2.21. The monoisotopic (exact) mass is 236 g/mol. The highest BCUT2D eigenvalue weighted by atomic mass is 16.4. The van der Waals surface area contributed by atoms with Gasteiger partial charge in [-0.3, -0.25) is 4.79 Å². The lowest BCUT2D eigenvalue weighted by Gasteiger charge is -2.08. The van der Waals surface area contributed by atoms with E-state index in [-0.39, 0.29) is 5.92 Å². The van der Waals surface area contributed by atoms with Gasteiger partial charge in [-0.05, 0) is 6.42 Å². The third kappa shape index (κ3) is 5.48. The van der Waals surface area contributed by atoms with E-state index in [2.05, 4.69) is 6.92 Å². The summed E-state index contributed by atoms with van der Waals surface area (Å²) in [7, 11) is 0. The van der Waals surface area contributed by atoms with Gasteiger partial charge in [0.2, 0.25) is 0 Å². The molecule has 1 unspecified atom stereocenters. The van der Waals surface area contributed by atoms with E-state index in [4.69, 9.17) is 0 Å². The number of aliphatic carboxylic acids is 1. The van der Waals surface area contributed by atoms with Gasteiger partial charge in [-0.1, -0.05) is 38.7 Å². The number of rotatable bonds is 8. The molecule has 1 rings (SSSR count). The number of unbranched alkanes of at least 4 members (excludes halogenated alkanes) is 3. The predicted octanol–water partition coefficient (Wildman–Crippen LogP) is 2.65. The highest BCUT2D eigenvalue weighted by Crippen LogP contribution is 2.11. The number of carboxylic acids is 1. The van der Waals surface area contributed by atoms with E-state index in [1.807, 2.05) is 35.2 Å². The molecule has 0 amide bonds. The van der Waals surface area contributed by atoms with Crippen molar-refractivity contribution in [2.75, 3.05) is 0 Å². The van der Waals surface area contributed by atoms with Crippen molar-refractivity contribution in [2.45, 2.75) is 45.6 Å². The van der Waals surface area contributed by atoms with Crippen LogP contribution in [0.2, 0.25) is 0 Å². The van der Waals surface area contributed by atoms with Crippen molar-refractivity contribution in [1.82, 2.24) is 0 Å². The number of hydrogen-bond acceptors (Lipinski definition) is 1. The van der Waals surface area contributed by atoms with Gasteiger partial charge in [0, 0.05) is 12.1 Å². The second kappa shape index (κ2) is 7.82. The van der Waals surface area contributed by atoms with E-state index in [1.54, 1.807) is 0 Å². The lowest BCUT2D eigenvalue weighted by Crippen LogP contribution is -2.39. The molecule has 0 saturated carbocycles. The van der Waals surface area contributed by atoms with Crippen molar-refractivity contribution in [1.29, 1.82) is 0 Å². The first kappa shape index (κ1) is 13.7. The van der Waals surface area contributed by atoms with Crippen molar-refractivity contribution in [2.24, 2.45) is 5.92 Å². The van der Waals surface area contributed by atoms with Gasteiger partial charge in [0.25, 0.3) is 0 Å². The van der Waals surface area contributed by atoms with Crippen LogP contribution in [0.3, 0.4) is 0 Å². The Kier molecular flexibility index (Phi) is 6.30. The van der Waals surface area contributed by atoms with Crippen LogP contribution in [0.25, 0.3) is 0 Å². The van der Waals surface area contributed by atoms with Crippen LogP contribution in [0, 0.1) is 5.92 Å². The van der Waals surface area contributed by atoms with Crippen molar-refractivity contribution in [3.63, 3.8) is 0 Å². The van der Waals surface area contributed by atoms with Crippen LogP contribution in [0.1, 0.15) is 39.0 Å². The molecule has 0 aliphatic carbocycles. The molecule has 1 atom stereocenters. The standard InChI is InChI=1S/C14H21NO2/c1-2-3-4-6-9-13(14(16)17)12-15-10-7-5-8-11-15/h5,7-8,10-11,13H,2-4,6,9,12H2,1H3/p+1. The Labute approximate surface area is 103 Å². The third-order valence-corrected chi connectivity index (χ3v) is 2.96. The van der Waals surface area contributed by atoms with E-state index in [9.17, 15) is 9.90 Å². The smallest absolute Gasteiger partial charge is 0.312 e. The minimum Gasteiger partial charge on any atom is -0.481 e. The molecule has 0 saturated heterocycles. The maximum absolute atomic E-state index is 11.2. The molecule has 1 heterocycles. The molecule has 1 aromatic heterocycles. The zero-order chi connectivity index (χ0) is 12.5. The summed E-state index contributed by atoms with van der Waals surface area (Å²) in [6, 6.07) is 5.79. The minimum atomic E-state index is -0.683. The number of aromatic nitrogens is 1. The van der Waals surface area contributed by atoms with Crippen LogP contribution >= 0.6 is 0 Å². The molecule has 1 aromatic rings. The number of carboxylic acid groups (broad SMARTS) is 1. The maximum atomic E-state index is 11.2. The summed E-state index contributed by atoms with van der Waals surface area (Å²) in [5, 5.41) is 9.18. The van der Waals surface area contributed by atoms with E-state index < -0.39 is 5.97 Å². The van der Waals surface area contributed by atoms with Crippen molar-refractivity contribution < 1.29 is 14.5 Å². The van der Waals surface area contributed by atoms with Gasteiger partial charge < -0.3 is 5.11 Å². The minimum absolute atomic E-state index is 0.265. The Morgan fingerprint density at radius 1 is 1.18 bits per heavy atom. The second-order valence-corrected chi connectivity index (χ2v) is 4.46. The lowest BCUT2D eigenvalue weighted by atomic mass is 10.0. The van der Waals surface area contributed by atoms with Crippen molar-refractivity contribution >= 4 is 5.97 Å². The molecule has 0 aromatic carbocycles. The fraction of sp³-hybridized carbons (Fsp3) is 0.571. The third-order valence-electron chi connectivity index (χ3n) is 2.96. The fourth-order valence-corrected chi connectivity index (χ4v) is 1.92. The second-order valence-electron chi connectivity index (χ2n) is 4.46. The normalized spacial score (nSPS) is 12.3. The molecular formula is C14H22NO2+. The van der Waals surface area contributed by atoms with Crippen LogP contribution in [0.4, 0.5) is 0 Å². The van der Waals surface area contributed by atoms with E-state index in [1.165, 1.54) is 12.8 Å². The van der Waals surface area contributed by atoms with E-state index in [0.717, 1.165) is 19.3 Å². The summed E-state index contributed by atoms with van der Waals surface area (Å²) < 4.78 is 1.94. The summed E-state index contributed by atoms with van der Waals surface area (Å²) >= 11 is 0. The van der Waals surface area contributed by atoms with Gasteiger partial charge in [-0.15, -0.1) is 0 Å². The van der Waals surface area contributed by atoms with Crippen LogP contribution in [0.5, 0.6) is 0 Å². The zero-order valence-electron chi connectivity index (χ0n) is 10.5. The first-order chi connectivity index (χ1) is 8.24. The Morgan fingerprint density at radius 2 is 1.88 bits per heavy atom. The van der Waals surface area contributed by atoms with Gasteiger partial charge in [0.1, 0.15) is 5.92 Å². The van der Waals surface area contributed by atoms with Gasteiger partial charge in [-0.2, -0.15) is 0 Å². The molecule has 0 aliphatic heterocycles. The van der Waals surface area contributed by atoms with Crippen LogP contribution < -0.4 is 4.57 Å². The maximum Gasteiger partial charge on any atom is 0.312 e. The Bertz CT molecular complexity index is 324. The van der Waals surface area contributed by atoms with Gasteiger partial charge in [0.05, 0.1) is 0 Å². The summed E-state index contributed by atoms with van der Waals surface area (Å²) in [5.74, 6) is -0.947. The molecule has 0 bridgehead atoms. The zero-order valence-corrected chi connectivity index (χ0v) is 10.5. The van der Waals surface area contributed by atoms with Crippen molar-refractivity contribution in [3.8, 4) is 0 Å². The summed E-state index contributed by atoms with van der Waals surface area (Å²) in [4.78, 5) is 11.2. The summed E-state index contributed by atoms with van der Waals surface area (Å²) in [6.45, 7) is 2.73. The molecule has 0 fully saturated rings. The highest BCUT2D eigenvalue weighted by molar-refractivity contribution is 5.69. The fourth-order valence-electron chi connectivity index (χ4n) is 1.92. The van der Waals surface area contributed by atoms with Gasteiger partial charge in [0.15, 0.2) is 18.9 Å². The summed E-state index contributed by atoms with van der Waals surface area (Å²) in [5.41, 5.74) is 0. The largest absolute Gasteiger partial charge is 0.481 e. The molecule has 17 heavy (non-hydrogen) atoms. The topological polar surface area (TPSA) is 41.2 Å². The number of pyridine rings is 1. The van der Waals surface area contributed by atoms with Crippen molar-refractivity contribution in [3.05, 3.63) is 30.6 Å². The molecule has 1 N–H and O–H groups in total. The number of hydrogen-bond donors (Lipinski definition) is 1. The Hall–Kier alpha value is -1.38. The Balaban J connectivity index is 2.41. The van der Waals surface area contributed by atoms with Crippen LogP contribution in [-0.2, 0) is 11.3 Å². The SMILES string of the molecule is CCCCCCC(C[n+]1ccccc1)C(=O)O. The van der Waals surface area contributed by atoms with Crippen LogP contribution in [-0.4, -0.2) is 11.1 Å². The molecule has 0 aliphatic rings. The van der Waals surface area contributed by atoms with Gasteiger partial charge in [-0.25, -0.2) is 4.57 Å². The molecule has 3 heteroatoms. The average Bonchev–Trinajstić information content (AvgIpc) is 2.34. The average molecular weight is 236 g/mol. The van der Waals surface area contributed by atoms with Crippen LogP contribution in [0.15, 0.2) is 30.6 Å². The Morgan fingerprint density at radius 3 is 2.47 bits per heavy atom. The van der Waals surface area contributed by atoms with E-state index in [0.29, 0.717) is 6.54 Å². The lowest BCUT2D eigenvalue weighted by molar-refractivity contribution is -0.701. The van der Waals surface area contributed by atoms with E-state index >= 15 is 0 Å². The first-order valence-electron chi connectivity index (χ1n) is 6.41. The quantitative estimate of drug-likeness (QED) is 0.557. The summed E-state index contributed by atoms with van der Waals surface area (Å²) in [6.07, 6.45) is 9.15. The molecular weight excluding hydrogens is 214 g/mol. The molecule has 3 nitrogen and oxygen atoms in total. The molecule has 94 valence electrons. The van der Waals surface area contributed by atoms with Gasteiger partial charge >= 0.3 is 5.97 Å². The number of nitrogens with zero attached hydrogens (tertiary/aromatic N) is 1. The predicted molar refractivity (Wildman–Crippen MR) is 66.5 cm³/mol. The molecule has 0 spiro atoms.